The van der Waals surface area contributed by atoms with Crippen LogP contribution in [0.25, 0.3) is 0 Å². The zero-order chi connectivity index (χ0) is 11.5. The highest BCUT2D eigenvalue weighted by Crippen LogP contribution is 2.30. The van der Waals surface area contributed by atoms with Crippen molar-refractivity contribution in [3.8, 4) is 0 Å². The number of benzene rings is 1. The molecular formula is C14H20BrN. The molecule has 0 amide bonds. The maximum atomic E-state index is 3.65. The fourth-order valence-electron chi connectivity index (χ4n) is 2.55. The van der Waals surface area contributed by atoms with Crippen LogP contribution >= 0.6 is 15.9 Å². The first kappa shape index (κ1) is 12.0. The van der Waals surface area contributed by atoms with Crippen molar-refractivity contribution in [1.82, 2.24) is 0 Å². The van der Waals surface area contributed by atoms with Crippen molar-refractivity contribution in [2.45, 2.75) is 45.6 Å². The standard InChI is InChI=1S/C14H20BrN/c1-3-11-4-5-13(9-11)16-12-6-7-14(15)10(2)8-12/h6-8,11,13,16H,3-5,9H2,1-2H3. The molecule has 1 saturated carbocycles. The molecule has 16 heavy (non-hydrogen) atoms. The monoisotopic (exact) mass is 281 g/mol. The molecular weight excluding hydrogens is 262 g/mol. The van der Waals surface area contributed by atoms with E-state index in [-0.39, 0.29) is 0 Å². The van der Waals surface area contributed by atoms with Crippen LogP contribution in [-0.4, -0.2) is 6.04 Å². The van der Waals surface area contributed by atoms with Gasteiger partial charge in [-0.05, 0) is 55.9 Å². The summed E-state index contributed by atoms with van der Waals surface area (Å²) in [5, 5.41) is 3.65. The maximum absolute atomic E-state index is 3.65. The smallest absolute Gasteiger partial charge is 0.0345 e. The van der Waals surface area contributed by atoms with Gasteiger partial charge in [-0.1, -0.05) is 29.3 Å². The SMILES string of the molecule is CCC1CCC(Nc2ccc(Br)c(C)c2)C1. The molecule has 2 rings (SSSR count). The lowest BCUT2D eigenvalue weighted by Gasteiger charge is -2.15. The lowest BCUT2D eigenvalue weighted by molar-refractivity contribution is 0.525. The Morgan fingerprint density at radius 2 is 2.19 bits per heavy atom. The molecule has 0 aromatic heterocycles. The van der Waals surface area contributed by atoms with Gasteiger partial charge < -0.3 is 5.32 Å². The molecule has 0 spiro atoms. The third kappa shape index (κ3) is 2.79. The molecule has 2 atom stereocenters. The molecule has 1 nitrogen and oxygen atoms in total. The molecule has 0 radical (unpaired) electrons. The van der Waals surface area contributed by atoms with Crippen molar-refractivity contribution in [3.05, 3.63) is 28.2 Å². The zero-order valence-corrected chi connectivity index (χ0v) is 11.7. The summed E-state index contributed by atoms with van der Waals surface area (Å²) in [5.41, 5.74) is 2.57. The van der Waals surface area contributed by atoms with Gasteiger partial charge in [0.1, 0.15) is 0 Å². The van der Waals surface area contributed by atoms with E-state index in [0.717, 1.165) is 5.92 Å². The molecule has 0 bridgehead atoms. The van der Waals surface area contributed by atoms with Crippen LogP contribution in [0.4, 0.5) is 5.69 Å². The number of halogens is 1. The molecule has 1 fully saturated rings. The van der Waals surface area contributed by atoms with Gasteiger partial charge in [-0.25, -0.2) is 0 Å². The quantitative estimate of drug-likeness (QED) is 0.843. The number of hydrogen-bond donors (Lipinski definition) is 1. The second-order valence-electron chi connectivity index (χ2n) is 4.89. The fraction of sp³-hybridized carbons (Fsp3) is 0.571. The van der Waals surface area contributed by atoms with E-state index >= 15 is 0 Å². The number of anilines is 1. The van der Waals surface area contributed by atoms with Gasteiger partial charge in [-0.2, -0.15) is 0 Å². The Bertz CT molecular complexity index is 362. The van der Waals surface area contributed by atoms with E-state index in [2.05, 4.69) is 53.3 Å². The first-order chi connectivity index (χ1) is 7.69. The third-order valence-corrected chi connectivity index (χ3v) is 4.54. The summed E-state index contributed by atoms with van der Waals surface area (Å²) in [7, 11) is 0. The van der Waals surface area contributed by atoms with Crippen molar-refractivity contribution in [3.63, 3.8) is 0 Å². The minimum atomic E-state index is 0.686. The topological polar surface area (TPSA) is 12.0 Å². The van der Waals surface area contributed by atoms with E-state index in [1.165, 1.54) is 41.4 Å². The van der Waals surface area contributed by atoms with Crippen LogP contribution in [0.1, 0.15) is 38.2 Å². The van der Waals surface area contributed by atoms with Gasteiger partial charge in [-0.3, -0.25) is 0 Å². The van der Waals surface area contributed by atoms with Gasteiger partial charge in [-0.15, -0.1) is 0 Å². The van der Waals surface area contributed by atoms with Crippen LogP contribution < -0.4 is 5.32 Å². The number of aryl methyl sites for hydroxylation is 1. The molecule has 1 aromatic carbocycles. The van der Waals surface area contributed by atoms with Crippen molar-refractivity contribution < 1.29 is 0 Å². The molecule has 0 aliphatic heterocycles. The van der Waals surface area contributed by atoms with Crippen LogP contribution in [-0.2, 0) is 0 Å². The first-order valence-corrected chi connectivity index (χ1v) is 7.01. The van der Waals surface area contributed by atoms with Gasteiger partial charge in [0.2, 0.25) is 0 Å². The first-order valence-electron chi connectivity index (χ1n) is 6.21. The van der Waals surface area contributed by atoms with E-state index in [1.54, 1.807) is 0 Å². The minimum Gasteiger partial charge on any atom is -0.382 e. The Labute approximate surface area is 107 Å². The van der Waals surface area contributed by atoms with E-state index in [9.17, 15) is 0 Å². The van der Waals surface area contributed by atoms with E-state index in [0.29, 0.717) is 6.04 Å². The number of rotatable bonds is 3. The summed E-state index contributed by atoms with van der Waals surface area (Å²) in [6, 6.07) is 7.20. The molecule has 1 aromatic rings. The summed E-state index contributed by atoms with van der Waals surface area (Å²) < 4.78 is 1.19. The maximum Gasteiger partial charge on any atom is 0.0345 e. The summed E-state index contributed by atoms with van der Waals surface area (Å²) in [6.45, 7) is 4.44. The summed E-state index contributed by atoms with van der Waals surface area (Å²) in [5.74, 6) is 0.939. The molecule has 0 saturated heterocycles. The highest BCUT2D eigenvalue weighted by atomic mass is 79.9. The van der Waals surface area contributed by atoms with E-state index < -0.39 is 0 Å². The average molecular weight is 282 g/mol. The normalized spacial score (nSPS) is 24.7. The van der Waals surface area contributed by atoms with Gasteiger partial charge in [0, 0.05) is 16.2 Å². The van der Waals surface area contributed by atoms with Gasteiger partial charge >= 0.3 is 0 Å². The van der Waals surface area contributed by atoms with Crippen LogP contribution in [0.3, 0.4) is 0 Å². The Hall–Kier alpha value is -0.500. The molecule has 2 heteroatoms. The minimum absolute atomic E-state index is 0.686. The second-order valence-corrected chi connectivity index (χ2v) is 5.75. The molecule has 2 unspecified atom stereocenters. The summed E-state index contributed by atoms with van der Waals surface area (Å²) >= 11 is 3.54. The Balaban J connectivity index is 1.97. The average Bonchev–Trinajstić information content (AvgIpc) is 2.71. The molecule has 1 aliphatic rings. The van der Waals surface area contributed by atoms with Gasteiger partial charge in [0.15, 0.2) is 0 Å². The molecule has 0 heterocycles. The molecule has 88 valence electrons. The molecule has 1 N–H and O–H groups in total. The van der Waals surface area contributed by atoms with Crippen LogP contribution in [0.15, 0.2) is 22.7 Å². The Kier molecular flexibility index (Phi) is 3.91. The summed E-state index contributed by atoms with van der Waals surface area (Å²) in [4.78, 5) is 0. The summed E-state index contributed by atoms with van der Waals surface area (Å²) in [6.07, 6.45) is 5.39. The van der Waals surface area contributed by atoms with Gasteiger partial charge in [0.25, 0.3) is 0 Å². The van der Waals surface area contributed by atoms with Crippen molar-refractivity contribution in [1.29, 1.82) is 0 Å². The lowest BCUT2D eigenvalue weighted by Crippen LogP contribution is -2.15. The van der Waals surface area contributed by atoms with Crippen LogP contribution in [0, 0.1) is 12.8 Å². The van der Waals surface area contributed by atoms with E-state index in [1.807, 2.05) is 0 Å². The van der Waals surface area contributed by atoms with Crippen molar-refractivity contribution in [2.24, 2.45) is 5.92 Å². The fourth-order valence-corrected chi connectivity index (χ4v) is 2.79. The Morgan fingerprint density at radius 3 is 2.81 bits per heavy atom. The predicted octanol–water partition coefficient (Wildman–Crippen LogP) is 4.75. The van der Waals surface area contributed by atoms with Crippen molar-refractivity contribution in [2.75, 3.05) is 5.32 Å². The number of hydrogen-bond acceptors (Lipinski definition) is 1. The van der Waals surface area contributed by atoms with Crippen molar-refractivity contribution >= 4 is 21.6 Å². The van der Waals surface area contributed by atoms with Crippen LogP contribution in [0.2, 0.25) is 0 Å². The van der Waals surface area contributed by atoms with Gasteiger partial charge in [0.05, 0.1) is 0 Å². The third-order valence-electron chi connectivity index (χ3n) is 3.65. The van der Waals surface area contributed by atoms with Crippen LogP contribution in [0.5, 0.6) is 0 Å². The number of nitrogens with one attached hydrogen (secondary N) is 1. The highest BCUT2D eigenvalue weighted by molar-refractivity contribution is 9.10. The molecule has 1 aliphatic carbocycles. The zero-order valence-electron chi connectivity index (χ0n) is 10.1. The second kappa shape index (κ2) is 5.22. The predicted molar refractivity (Wildman–Crippen MR) is 73.9 cm³/mol. The van der Waals surface area contributed by atoms with E-state index in [4.69, 9.17) is 0 Å². The largest absolute Gasteiger partial charge is 0.382 e. The lowest BCUT2D eigenvalue weighted by atomic mass is 10.1. The Morgan fingerprint density at radius 1 is 1.38 bits per heavy atom. The highest BCUT2D eigenvalue weighted by Gasteiger charge is 2.22.